The zero-order valence-corrected chi connectivity index (χ0v) is 57.4. The lowest BCUT2D eigenvalue weighted by Gasteiger charge is -2.33. The molecule has 0 spiro atoms. The van der Waals surface area contributed by atoms with E-state index in [1.807, 2.05) is 0 Å². The number of amides is 11. The molecule has 3 unspecified atom stereocenters. The van der Waals surface area contributed by atoms with E-state index in [0.29, 0.717) is 34.0 Å². The van der Waals surface area contributed by atoms with Crippen LogP contribution >= 0.6 is 21.6 Å². The summed E-state index contributed by atoms with van der Waals surface area (Å²) in [5, 5.41) is 63.4. The van der Waals surface area contributed by atoms with Crippen LogP contribution in [0.1, 0.15) is 49.8 Å². The zero-order valence-electron chi connectivity index (χ0n) is 55.8. The molecule has 1 aromatic heterocycles. The van der Waals surface area contributed by atoms with Gasteiger partial charge in [-0.1, -0.05) is 82.3 Å². The molecule has 3 aromatic carbocycles. The molecule has 0 bridgehead atoms. The number of carboxylic acid groups (broad SMARTS) is 1. The summed E-state index contributed by atoms with van der Waals surface area (Å²) in [5.41, 5.74) is 24.9. The molecule has 2 aliphatic heterocycles. The molecular weight excluding hydrogens is 1340 g/mol. The van der Waals surface area contributed by atoms with Gasteiger partial charge in [0.15, 0.2) is 6.04 Å². The van der Waals surface area contributed by atoms with Gasteiger partial charge in [0.1, 0.15) is 48.0 Å². The van der Waals surface area contributed by atoms with Gasteiger partial charge in [-0.25, -0.2) is 4.79 Å². The van der Waals surface area contributed by atoms with Crippen LogP contribution in [0.3, 0.4) is 0 Å². The van der Waals surface area contributed by atoms with Crippen LogP contribution in [0.4, 0.5) is 0 Å². The standard InChI is InChI=1S/C65H93N17O16S2/c1-38(83)56-64(96)76-51(63(95)78-57(39(2)84)65(97)98)37-100-99-36-50(75-59(91)47(28-40-10-4-3-5-11-40)71-55(89)35-82-26-24-80(33-53(68)87)22-20-79(32-52(67)86)21-23-81(25-27-82)34-54(69)88)62(94)73-48(29-41-15-17-43(85)18-16-41)60(92)74-49(30-42-31-70-45-13-7-6-12-44(42)45)61(93)72-46(58(90)77-56)14-8-9-19-66/h3-7,10-13,15-18,31,38-39,46-51,56-57,70,83-85H,8-9,14,19-30,32-37,66H2,1-2H3,(H2,67,86)(H2,68,87)(H2,69,88)(H,71,89)(H,72,93)(H,73,94)(H,74,92)(H,75,91)(H,76,96)(H,77,90)(H,78,95)(H,97,98)/t38-,39-,46?,47-,48+,49-,50?,51+,56?,57+/m1/s1. The summed E-state index contributed by atoms with van der Waals surface area (Å²) < 4.78 is 0. The fourth-order valence-electron chi connectivity index (χ4n) is 11.2. The molecule has 11 amide bonds. The number of aromatic hydroxyl groups is 1. The fraction of sp³-hybridized carbons (Fsp3) is 0.508. The number of carbonyl (C=O) groups is 12. The van der Waals surface area contributed by atoms with Gasteiger partial charge in [-0.2, -0.15) is 0 Å². The summed E-state index contributed by atoms with van der Waals surface area (Å²) in [7, 11) is 1.70. The van der Waals surface area contributed by atoms with Crippen LogP contribution in [0.2, 0.25) is 0 Å². The highest BCUT2D eigenvalue weighted by atomic mass is 33.1. The number of hydrogen-bond acceptors (Lipinski definition) is 22. The average Bonchev–Trinajstić information content (AvgIpc) is 1.54. The minimum Gasteiger partial charge on any atom is -0.508 e. The number of H-pyrrole nitrogens is 1. The number of phenols is 1. The molecule has 0 aliphatic carbocycles. The van der Waals surface area contributed by atoms with Crippen molar-refractivity contribution in [3.63, 3.8) is 0 Å². The largest absolute Gasteiger partial charge is 0.508 e. The summed E-state index contributed by atoms with van der Waals surface area (Å²) in [4.78, 5) is 177. The van der Waals surface area contributed by atoms with Crippen molar-refractivity contribution in [1.29, 1.82) is 0 Å². The Kier molecular flexibility index (Phi) is 32.3. The zero-order chi connectivity index (χ0) is 73.0. The molecule has 21 N–H and O–H groups in total. The molecule has 2 saturated heterocycles. The van der Waals surface area contributed by atoms with Gasteiger partial charge >= 0.3 is 5.97 Å². The maximum atomic E-state index is 15.3. The number of aliphatic hydroxyl groups excluding tert-OH is 2. The molecule has 0 saturated carbocycles. The van der Waals surface area contributed by atoms with E-state index < -0.39 is 143 Å². The molecular formula is C65H93N17O16S2. The van der Waals surface area contributed by atoms with E-state index in [9.17, 15) is 63.6 Å². The summed E-state index contributed by atoms with van der Waals surface area (Å²) in [6.07, 6.45) is -1.80. The van der Waals surface area contributed by atoms with Gasteiger partial charge in [-0.15, -0.1) is 0 Å². The number of aliphatic carboxylic acids is 1. The van der Waals surface area contributed by atoms with Crippen LogP contribution in [0.5, 0.6) is 5.75 Å². The van der Waals surface area contributed by atoms with Crippen molar-refractivity contribution in [3.05, 3.63) is 102 Å². The number of hydrogen-bond donors (Lipinski definition) is 17. The van der Waals surface area contributed by atoms with Crippen LogP contribution in [0.25, 0.3) is 10.9 Å². The van der Waals surface area contributed by atoms with E-state index in [1.165, 1.54) is 31.2 Å². The van der Waals surface area contributed by atoms with Crippen molar-refractivity contribution in [2.24, 2.45) is 22.9 Å². The third kappa shape index (κ3) is 26.6. The predicted molar refractivity (Wildman–Crippen MR) is 372 cm³/mol. The first-order valence-electron chi connectivity index (χ1n) is 32.7. The molecule has 100 heavy (non-hydrogen) atoms. The molecule has 33 nitrogen and oxygen atoms in total. The number of fused-ring (bicyclic) bond motifs is 1. The van der Waals surface area contributed by atoms with Gasteiger partial charge in [0.25, 0.3) is 0 Å². The van der Waals surface area contributed by atoms with E-state index >= 15 is 14.4 Å². The van der Waals surface area contributed by atoms with Crippen LogP contribution in [-0.2, 0) is 76.8 Å². The fourth-order valence-corrected chi connectivity index (χ4v) is 13.5. The van der Waals surface area contributed by atoms with Crippen molar-refractivity contribution >= 4 is 103 Å². The smallest absolute Gasteiger partial charge is 0.328 e. The first-order chi connectivity index (χ1) is 47.7. The average molecular weight is 1430 g/mol. The van der Waals surface area contributed by atoms with Gasteiger partial charge in [-0.05, 0) is 74.5 Å². The Morgan fingerprint density at radius 3 is 1.66 bits per heavy atom. The Hall–Kier alpha value is -8.94. The van der Waals surface area contributed by atoms with E-state index in [2.05, 4.69) is 47.5 Å². The lowest BCUT2D eigenvalue weighted by Crippen LogP contribution is -2.62. The Morgan fingerprint density at radius 1 is 0.590 bits per heavy atom. The van der Waals surface area contributed by atoms with Crippen LogP contribution in [0.15, 0.2) is 85.1 Å². The van der Waals surface area contributed by atoms with Crippen LogP contribution in [0, 0.1) is 0 Å². The van der Waals surface area contributed by atoms with Crippen LogP contribution < -0.4 is 65.5 Å². The number of aromatic nitrogens is 1. The number of aliphatic hydroxyl groups is 2. The SMILES string of the molecule is C[C@@H](O)C1NC(=O)C(CCCCN)NC(=O)[C@@H](Cc2c[nH]c3ccccc23)NC(=O)[C@H](Cc2ccc(O)cc2)NC(=O)C(NC(=O)[C@@H](Cc2ccccc2)NC(=O)CN2CCN(CC(N)=O)CCN(CC(N)=O)CCN(CC(N)=O)CC2)CSSC[C@@H](C(=O)N[C@H](C(=O)O)[C@@H](C)O)NC1=O. The second-order valence-corrected chi connectivity index (χ2v) is 27.3. The number of carbonyl (C=O) groups excluding carboxylic acids is 11. The Balaban J connectivity index is 1.41. The maximum absolute atomic E-state index is 15.3. The maximum Gasteiger partial charge on any atom is 0.328 e. The lowest BCUT2D eigenvalue weighted by atomic mass is 10.0. The van der Waals surface area contributed by atoms with Crippen molar-refractivity contribution in [2.45, 2.75) is 113 Å². The number of para-hydroxylation sites is 1. The molecule has 546 valence electrons. The quantitative estimate of drug-likeness (QED) is 0.0206. The number of aromatic amines is 1. The minimum absolute atomic E-state index is 0.0780. The molecule has 0 radical (unpaired) electrons. The lowest BCUT2D eigenvalue weighted by molar-refractivity contribution is -0.145. The van der Waals surface area contributed by atoms with Gasteiger partial charge < -0.3 is 90.9 Å². The molecule has 3 heterocycles. The van der Waals surface area contributed by atoms with Gasteiger partial charge in [-0.3, -0.25) is 72.3 Å². The second-order valence-electron chi connectivity index (χ2n) is 24.7. The number of nitrogens with two attached hydrogens (primary N) is 4. The molecule has 6 rings (SSSR count). The topological polar surface area (TPSA) is 515 Å². The summed E-state index contributed by atoms with van der Waals surface area (Å²) in [5.74, 6) is -12.1. The van der Waals surface area contributed by atoms with Gasteiger partial charge in [0.2, 0.25) is 65.0 Å². The first-order valence-corrected chi connectivity index (χ1v) is 35.2. The van der Waals surface area contributed by atoms with Gasteiger partial charge in [0.05, 0.1) is 38.4 Å². The Bertz CT molecular complexity index is 3410. The summed E-state index contributed by atoms with van der Waals surface area (Å²) in [6.45, 7) is 3.46. The Labute approximate surface area is 585 Å². The van der Waals surface area contributed by atoms with E-state index in [0.717, 1.165) is 28.5 Å². The third-order valence-electron chi connectivity index (χ3n) is 16.6. The molecule has 10 atom stereocenters. The van der Waals surface area contributed by atoms with Crippen molar-refractivity contribution in [1.82, 2.24) is 67.1 Å². The normalized spacial score (nSPS) is 21.9. The number of nitrogens with one attached hydrogen (secondary N) is 9. The number of rotatable bonds is 26. The first kappa shape index (κ1) is 80.0. The predicted octanol–water partition coefficient (Wildman–Crippen LogP) is -5.17. The minimum atomic E-state index is -1.90. The van der Waals surface area contributed by atoms with Crippen molar-refractivity contribution in [2.75, 3.05) is 96.6 Å². The highest BCUT2D eigenvalue weighted by Crippen LogP contribution is 2.25. The van der Waals surface area contributed by atoms with E-state index in [-0.39, 0.29) is 123 Å². The molecule has 2 aliphatic rings. The molecule has 35 heteroatoms. The molecule has 2 fully saturated rings. The Morgan fingerprint density at radius 2 is 1.11 bits per heavy atom. The van der Waals surface area contributed by atoms with E-state index in [4.69, 9.17) is 22.9 Å². The van der Waals surface area contributed by atoms with Crippen molar-refractivity contribution in [3.8, 4) is 5.75 Å². The highest BCUT2D eigenvalue weighted by Gasteiger charge is 2.38. The highest BCUT2D eigenvalue weighted by molar-refractivity contribution is 8.76. The number of carboxylic acids is 1. The summed E-state index contributed by atoms with van der Waals surface area (Å²) in [6, 6.07) is 8.29. The number of benzene rings is 3. The second kappa shape index (κ2) is 40.3. The summed E-state index contributed by atoms with van der Waals surface area (Å²) >= 11 is 0. The number of unbranched alkanes of at least 4 members (excludes halogenated alkanes) is 1. The third-order valence-corrected chi connectivity index (χ3v) is 19.0. The number of phenolic OH excluding ortho intramolecular Hbond substituents is 1. The number of primary amides is 3. The molecule has 4 aromatic rings. The van der Waals surface area contributed by atoms with Crippen molar-refractivity contribution < 1.29 is 78.0 Å². The van der Waals surface area contributed by atoms with Gasteiger partial charge in [0, 0.05) is 100 Å². The number of nitrogens with zero attached hydrogens (tertiary/aromatic N) is 4. The van der Waals surface area contributed by atoms with E-state index in [1.54, 1.807) is 80.4 Å². The van der Waals surface area contributed by atoms with Crippen LogP contribution in [-0.4, -0.2) is 273 Å². The monoisotopic (exact) mass is 1430 g/mol.